The molecule has 1 aliphatic heterocycles. The van der Waals surface area contributed by atoms with Crippen molar-refractivity contribution in [1.29, 1.82) is 0 Å². The van der Waals surface area contributed by atoms with Crippen LogP contribution in [0.15, 0.2) is 4.52 Å². The second kappa shape index (κ2) is 5.23. The van der Waals surface area contributed by atoms with Crippen LogP contribution in [-0.4, -0.2) is 30.3 Å². The van der Waals surface area contributed by atoms with Gasteiger partial charge in [-0.3, -0.25) is 0 Å². The van der Waals surface area contributed by atoms with E-state index in [1.807, 2.05) is 0 Å². The van der Waals surface area contributed by atoms with Crippen LogP contribution in [-0.2, 0) is 17.8 Å². The van der Waals surface area contributed by atoms with Crippen LogP contribution in [0, 0.1) is 5.92 Å². The molecular weight excluding hydrogens is 194 g/mol. The first-order valence-electron chi connectivity index (χ1n) is 5.39. The largest absolute Gasteiger partial charge is 0.377 e. The Morgan fingerprint density at radius 3 is 3.27 bits per heavy atom. The number of hydrogen-bond acceptors (Lipinski definition) is 5. The van der Waals surface area contributed by atoms with E-state index < -0.39 is 0 Å². The summed E-state index contributed by atoms with van der Waals surface area (Å²) in [5, 5.41) is 7.17. The molecule has 1 aromatic heterocycles. The summed E-state index contributed by atoms with van der Waals surface area (Å²) in [5.74, 6) is 2.13. The van der Waals surface area contributed by atoms with Gasteiger partial charge in [0.25, 0.3) is 0 Å². The maximum Gasteiger partial charge on any atom is 0.226 e. The number of aromatic nitrogens is 2. The van der Waals surface area contributed by atoms with Crippen molar-refractivity contribution in [2.24, 2.45) is 5.92 Å². The molecule has 15 heavy (non-hydrogen) atoms. The first kappa shape index (κ1) is 10.6. The van der Waals surface area contributed by atoms with Crippen LogP contribution in [0.1, 0.15) is 24.6 Å². The minimum Gasteiger partial charge on any atom is -0.377 e. The SMILES string of the molecule is COCc1noc(CCC2CCNC2)n1. The highest BCUT2D eigenvalue weighted by molar-refractivity contribution is 4.86. The number of hydrogen-bond donors (Lipinski definition) is 1. The van der Waals surface area contributed by atoms with Crippen molar-refractivity contribution in [3.05, 3.63) is 11.7 Å². The van der Waals surface area contributed by atoms with E-state index in [1.165, 1.54) is 6.42 Å². The Balaban J connectivity index is 1.77. The summed E-state index contributed by atoms with van der Waals surface area (Å²) in [5.41, 5.74) is 0. The van der Waals surface area contributed by atoms with Crippen LogP contribution in [0.2, 0.25) is 0 Å². The monoisotopic (exact) mass is 211 g/mol. The molecule has 84 valence electrons. The van der Waals surface area contributed by atoms with E-state index in [1.54, 1.807) is 7.11 Å². The molecule has 1 fully saturated rings. The quantitative estimate of drug-likeness (QED) is 0.779. The topological polar surface area (TPSA) is 60.2 Å². The zero-order valence-electron chi connectivity index (χ0n) is 9.03. The molecule has 0 spiro atoms. The van der Waals surface area contributed by atoms with Gasteiger partial charge in [0.05, 0.1) is 0 Å². The Bertz CT molecular complexity index is 295. The van der Waals surface area contributed by atoms with Gasteiger partial charge < -0.3 is 14.6 Å². The summed E-state index contributed by atoms with van der Waals surface area (Å²) in [6, 6.07) is 0. The second-order valence-electron chi connectivity index (χ2n) is 3.93. The molecule has 0 aliphatic carbocycles. The zero-order chi connectivity index (χ0) is 10.5. The van der Waals surface area contributed by atoms with Gasteiger partial charge in [0.2, 0.25) is 5.89 Å². The Hall–Kier alpha value is -0.940. The van der Waals surface area contributed by atoms with Crippen molar-refractivity contribution < 1.29 is 9.26 Å². The van der Waals surface area contributed by atoms with E-state index in [0.717, 1.165) is 37.7 Å². The predicted octanol–water partition coefficient (Wildman–Crippen LogP) is 0.758. The first-order valence-corrected chi connectivity index (χ1v) is 5.39. The molecule has 5 nitrogen and oxygen atoms in total. The average molecular weight is 211 g/mol. The van der Waals surface area contributed by atoms with Gasteiger partial charge in [-0.25, -0.2) is 0 Å². The Morgan fingerprint density at radius 1 is 1.60 bits per heavy atom. The number of ether oxygens (including phenoxy) is 1. The average Bonchev–Trinajstić information content (AvgIpc) is 2.85. The molecule has 2 rings (SSSR count). The molecule has 2 heterocycles. The normalized spacial score (nSPS) is 21.0. The molecular formula is C10H17N3O2. The van der Waals surface area contributed by atoms with E-state index in [2.05, 4.69) is 15.5 Å². The second-order valence-corrected chi connectivity index (χ2v) is 3.93. The van der Waals surface area contributed by atoms with Crippen LogP contribution in [0.4, 0.5) is 0 Å². The molecule has 1 unspecified atom stereocenters. The van der Waals surface area contributed by atoms with E-state index in [0.29, 0.717) is 12.4 Å². The van der Waals surface area contributed by atoms with Crippen LogP contribution in [0.25, 0.3) is 0 Å². The van der Waals surface area contributed by atoms with E-state index in [-0.39, 0.29) is 0 Å². The van der Waals surface area contributed by atoms with Crippen LogP contribution in [0.5, 0.6) is 0 Å². The highest BCUT2D eigenvalue weighted by atomic mass is 16.5. The van der Waals surface area contributed by atoms with E-state index in [9.17, 15) is 0 Å². The molecule has 1 N–H and O–H groups in total. The molecule has 0 radical (unpaired) electrons. The standard InChI is InChI=1S/C10H17N3O2/c1-14-7-9-12-10(15-13-9)3-2-8-4-5-11-6-8/h8,11H,2-7H2,1H3. The van der Waals surface area contributed by atoms with Gasteiger partial charge >= 0.3 is 0 Å². The smallest absolute Gasteiger partial charge is 0.226 e. The van der Waals surface area contributed by atoms with E-state index in [4.69, 9.17) is 9.26 Å². The molecule has 1 aliphatic rings. The van der Waals surface area contributed by atoms with Gasteiger partial charge in [0.1, 0.15) is 6.61 Å². The fraction of sp³-hybridized carbons (Fsp3) is 0.800. The third-order valence-corrected chi connectivity index (χ3v) is 2.71. The Labute approximate surface area is 89.2 Å². The molecule has 0 saturated carbocycles. The lowest BCUT2D eigenvalue weighted by molar-refractivity contribution is 0.174. The number of rotatable bonds is 5. The van der Waals surface area contributed by atoms with Gasteiger partial charge in [-0.05, 0) is 31.8 Å². The van der Waals surface area contributed by atoms with Crippen molar-refractivity contribution in [2.45, 2.75) is 25.9 Å². The predicted molar refractivity (Wildman–Crippen MR) is 54.3 cm³/mol. The van der Waals surface area contributed by atoms with Crippen molar-refractivity contribution in [1.82, 2.24) is 15.5 Å². The third-order valence-electron chi connectivity index (χ3n) is 2.71. The van der Waals surface area contributed by atoms with Crippen molar-refractivity contribution >= 4 is 0 Å². The van der Waals surface area contributed by atoms with Crippen molar-refractivity contribution in [3.63, 3.8) is 0 Å². The highest BCUT2D eigenvalue weighted by Gasteiger charge is 2.15. The molecule has 0 amide bonds. The maximum atomic E-state index is 5.12. The summed E-state index contributed by atoms with van der Waals surface area (Å²) < 4.78 is 10.0. The molecule has 1 saturated heterocycles. The minimum absolute atomic E-state index is 0.425. The van der Waals surface area contributed by atoms with Crippen LogP contribution in [0.3, 0.4) is 0 Å². The molecule has 1 aromatic rings. The van der Waals surface area contributed by atoms with Gasteiger partial charge in [-0.2, -0.15) is 4.98 Å². The third kappa shape index (κ3) is 3.00. The van der Waals surface area contributed by atoms with Crippen molar-refractivity contribution in [3.8, 4) is 0 Å². The van der Waals surface area contributed by atoms with Gasteiger partial charge in [-0.15, -0.1) is 0 Å². The number of nitrogens with one attached hydrogen (secondary N) is 1. The van der Waals surface area contributed by atoms with Crippen LogP contribution >= 0.6 is 0 Å². The fourth-order valence-electron chi connectivity index (χ4n) is 1.87. The highest BCUT2D eigenvalue weighted by Crippen LogP contribution is 2.15. The first-order chi connectivity index (χ1) is 7.38. The van der Waals surface area contributed by atoms with Gasteiger partial charge in [0.15, 0.2) is 5.82 Å². The van der Waals surface area contributed by atoms with Crippen molar-refractivity contribution in [2.75, 3.05) is 20.2 Å². The lowest BCUT2D eigenvalue weighted by Crippen LogP contribution is -2.09. The fourth-order valence-corrected chi connectivity index (χ4v) is 1.87. The summed E-state index contributed by atoms with van der Waals surface area (Å²) >= 11 is 0. The lowest BCUT2D eigenvalue weighted by atomic mass is 10.0. The maximum absolute atomic E-state index is 5.12. The Kier molecular flexibility index (Phi) is 3.69. The molecule has 5 heteroatoms. The van der Waals surface area contributed by atoms with Gasteiger partial charge in [-0.1, -0.05) is 5.16 Å². The van der Waals surface area contributed by atoms with E-state index >= 15 is 0 Å². The molecule has 0 aromatic carbocycles. The number of aryl methyl sites for hydroxylation is 1. The summed E-state index contributed by atoms with van der Waals surface area (Å²) in [4.78, 5) is 4.24. The van der Waals surface area contributed by atoms with Gasteiger partial charge in [0, 0.05) is 13.5 Å². The summed E-state index contributed by atoms with van der Waals surface area (Å²) in [6.07, 6.45) is 3.27. The Morgan fingerprint density at radius 2 is 2.53 bits per heavy atom. The minimum atomic E-state index is 0.425. The molecule has 1 atom stereocenters. The number of methoxy groups -OCH3 is 1. The molecule has 0 bridgehead atoms. The number of nitrogens with zero attached hydrogens (tertiary/aromatic N) is 2. The van der Waals surface area contributed by atoms with Crippen LogP contribution < -0.4 is 5.32 Å². The summed E-state index contributed by atoms with van der Waals surface area (Å²) in [6.45, 7) is 2.69. The lowest BCUT2D eigenvalue weighted by Gasteiger charge is -2.03. The zero-order valence-corrected chi connectivity index (χ0v) is 9.03. The summed E-state index contributed by atoms with van der Waals surface area (Å²) in [7, 11) is 1.63.